The minimum atomic E-state index is -0.592. The summed E-state index contributed by atoms with van der Waals surface area (Å²) in [5.41, 5.74) is 2.13. The van der Waals surface area contributed by atoms with Crippen LogP contribution in [0.3, 0.4) is 0 Å². The standard InChI is InChI=1S/C20H28N4O2S/c1-5-6-7-8-16(25)21-17(13(2)3)18(26)22-20-24-23-19(27-20)15-11-9-14(4)10-12-15/h9-13,17H,5-8H2,1-4H3,(H,21,25)(H,22,24,26). The number of nitrogens with zero attached hydrogens (tertiary/aromatic N) is 2. The molecule has 0 aliphatic heterocycles. The molecular formula is C20H28N4O2S. The number of anilines is 1. The van der Waals surface area contributed by atoms with Gasteiger partial charge in [0.15, 0.2) is 0 Å². The zero-order valence-electron chi connectivity index (χ0n) is 16.4. The molecule has 2 amide bonds. The van der Waals surface area contributed by atoms with E-state index in [1.165, 1.54) is 16.9 Å². The van der Waals surface area contributed by atoms with Crippen molar-refractivity contribution in [3.8, 4) is 10.6 Å². The highest BCUT2D eigenvalue weighted by Crippen LogP contribution is 2.26. The molecule has 1 unspecified atom stereocenters. The fourth-order valence-corrected chi connectivity index (χ4v) is 3.34. The van der Waals surface area contributed by atoms with Crippen LogP contribution in [-0.2, 0) is 9.59 Å². The Morgan fingerprint density at radius 2 is 1.81 bits per heavy atom. The molecule has 0 radical (unpaired) electrons. The highest BCUT2D eigenvalue weighted by Gasteiger charge is 2.25. The van der Waals surface area contributed by atoms with Gasteiger partial charge in [0.05, 0.1) is 0 Å². The van der Waals surface area contributed by atoms with E-state index in [1.807, 2.05) is 45.0 Å². The highest BCUT2D eigenvalue weighted by atomic mass is 32.1. The Kier molecular flexibility index (Phi) is 7.91. The van der Waals surface area contributed by atoms with Gasteiger partial charge in [0, 0.05) is 12.0 Å². The van der Waals surface area contributed by atoms with E-state index in [-0.39, 0.29) is 17.7 Å². The lowest BCUT2D eigenvalue weighted by Crippen LogP contribution is -2.47. The maximum Gasteiger partial charge on any atom is 0.249 e. The number of nitrogens with one attached hydrogen (secondary N) is 2. The van der Waals surface area contributed by atoms with Gasteiger partial charge in [-0.05, 0) is 19.3 Å². The molecule has 0 aliphatic rings. The number of carbonyl (C=O) groups excluding carboxylic acids is 2. The molecule has 0 aliphatic carbocycles. The van der Waals surface area contributed by atoms with Crippen LogP contribution in [0.2, 0.25) is 0 Å². The second kappa shape index (κ2) is 10.2. The van der Waals surface area contributed by atoms with E-state index in [0.29, 0.717) is 11.6 Å². The van der Waals surface area contributed by atoms with E-state index in [4.69, 9.17) is 0 Å². The van der Waals surface area contributed by atoms with Crippen LogP contribution in [0.1, 0.15) is 52.0 Å². The smallest absolute Gasteiger partial charge is 0.249 e. The molecule has 6 nitrogen and oxygen atoms in total. The zero-order chi connectivity index (χ0) is 19.8. The normalized spacial score (nSPS) is 12.0. The van der Waals surface area contributed by atoms with E-state index < -0.39 is 6.04 Å². The number of hydrogen-bond donors (Lipinski definition) is 2. The SMILES string of the molecule is CCCCCC(=O)NC(C(=O)Nc1nnc(-c2ccc(C)cc2)s1)C(C)C. The molecule has 146 valence electrons. The van der Waals surface area contributed by atoms with Gasteiger partial charge >= 0.3 is 0 Å². The first-order chi connectivity index (χ1) is 12.9. The molecule has 0 saturated carbocycles. The number of unbranched alkanes of at least 4 members (excludes halogenated alkanes) is 2. The number of amides is 2. The van der Waals surface area contributed by atoms with Crippen molar-refractivity contribution in [1.82, 2.24) is 15.5 Å². The minimum Gasteiger partial charge on any atom is -0.344 e. The third-order valence-corrected chi connectivity index (χ3v) is 5.11. The second-order valence-electron chi connectivity index (χ2n) is 7.01. The molecule has 0 bridgehead atoms. The van der Waals surface area contributed by atoms with E-state index in [9.17, 15) is 9.59 Å². The third-order valence-electron chi connectivity index (χ3n) is 4.23. The number of aromatic nitrogens is 2. The van der Waals surface area contributed by atoms with Crippen molar-refractivity contribution in [2.75, 3.05) is 5.32 Å². The maximum atomic E-state index is 12.6. The van der Waals surface area contributed by atoms with Crippen molar-refractivity contribution < 1.29 is 9.59 Å². The molecule has 1 heterocycles. The third kappa shape index (κ3) is 6.43. The van der Waals surface area contributed by atoms with E-state index in [2.05, 4.69) is 27.8 Å². The number of hydrogen-bond acceptors (Lipinski definition) is 5. The molecule has 1 aromatic heterocycles. The molecule has 1 aromatic carbocycles. The molecule has 2 N–H and O–H groups in total. The second-order valence-corrected chi connectivity index (χ2v) is 7.99. The van der Waals surface area contributed by atoms with Crippen LogP contribution in [0.5, 0.6) is 0 Å². The Bertz CT molecular complexity index is 756. The van der Waals surface area contributed by atoms with Gasteiger partial charge in [-0.1, -0.05) is 74.8 Å². The summed E-state index contributed by atoms with van der Waals surface area (Å²) in [5.74, 6) is -0.375. The fourth-order valence-electron chi connectivity index (χ4n) is 2.59. The van der Waals surface area contributed by atoms with E-state index in [1.54, 1.807) is 0 Å². The monoisotopic (exact) mass is 388 g/mol. The first kappa shape index (κ1) is 21.0. The Hall–Kier alpha value is -2.28. The van der Waals surface area contributed by atoms with Gasteiger partial charge in [-0.15, -0.1) is 10.2 Å². The van der Waals surface area contributed by atoms with Crippen LogP contribution in [-0.4, -0.2) is 28.1 Å². The van der Waals surface area contributed by atoms with Gasteiger partial charge in [-0.25, -0.2) is 0 Å². The van der Waals surface area contributed by atoms with Crippen molar-refractivity contribution in [1.29, 1.82) is 0 Å². The number of aryl methyl sites for hydroxylation is 1. The average molecular weight is 389 g/mol. The fraction of sp³-hybridized carbons (Fsp3) is 0.500. The van der Waals surface area contributed by atoms with Crippen molar-refractivity contribution in [3.63, 3.8) is 0 Å². The molecule has 2 aromatic rings. The average Bonchev–Trinajstić information content (AvgIpc) is 3.08. The van der Waals surface area contributed by atoms with Gasteiger partial charge in [0.25, 0.3) is 0 Å². The van der Waals surface area contributed by atoms with Gasteiger partial charge in [-0.2, -0.15) is 0 Å². The van der Waals surface area contributed by atoms with Gasteiger partial charge < -0.3 is 5.32 Å². The molecular weight excluding hydrogens is 360 g/mol. The predicted molar refractivity (Wildman–Crippen MR) is 110 cm³/mol. The lowest BCUT2D eigenvalue weighted by atomic mass is 10.0. The van der Waals surface area contributed by atoms with Crippen LogP contribution in [0, 0.1) is 12.8 Å². The number of rotatable bonds is 9. The van der Waals surface area contributed by atoms with Crippen LogP contribution in [0.4, 0.5) is 5.13 Å². The first-order valence-corrected chi connectivity index (χ1v) is 10.2. The number of carbonyl (C=O) groups is 2. The summed E-state index contributed by atoms with van der Waals surface area (Å²) >= 11 is 1.32. The van der Waals surface area contributed by atoms with E-state index in [0.717, 1.165) is 29.8 Å². The lowest BCUT2D eigenvalue weighted by molar-refractivity contribution is -0.127. The Labute approximate surface area is 164 Å². The van der Waals surface area contributed by atoms with Crippen LogP contribution in [0.15, 0.2) is 24.3 Å². The summed E-state index contributed by atoms with van der Waals surface area (Å²) in [6.07, 6.45) is 3.35. The Balaban J connectivity index is 1.98. The van der Waals surface area contributed by atoms with Crippen LogP contribution >= 0.6 is 11.3 Å². The van der Waals surface area contributed by atoms with Crippen molar-refractivity contribution in [3.05, 3.63) is 29.8 Å². The van der Waals surface area contributed by atoms with Crippen molar-refractivity contribution in [2.45, 2.75) is 59.4 Å². The van der Waals surface area contributed by atoms with Crippen molar-refractivity contribution in [2.24, 2.45) is 5.92 Å². The molecule has 2 rings (SSSR count). The van der Waals surface area contributed by atoms with Crippen LogP contribution in [0.25, 0.3) is 10.6 Å². The maximum absolute atomic E-state index is 12.6. The Morgan fingerprint density at radius 3 is 2.44 bits per heavy atom. The molecule has 27 heavy (non-hydrogen) atoms. The van der Waals surface area contributed by atoms with Gasteiger partial charge in [0.1, 0.15) is 11.0 Å². The van der Waals surface area contributed by atoms with Crippen LogP contribution < -0.4 is 10.6 Å². The van der Waals surface area contributed by atoms with Gasteiger partial charge in [0.2, 0.25) is 16.9 Å². The summed E-state index contributed by atoms with van der Waals surface area (Å²) in [5, 5.41) is 15.0. The Morgan fingerprint density at radius 1 is 1.11 bits per heavy atom. The lowest BCUT2D eigenvalue weighted by Gasteiger charge is -2.21. The molecule has 7 heteroatoms. The molecule has 0 spiro atoms. The molecule has 0 fully saturated rings. The zero-order valence-corrected chi connectivity index (χ0v) is 17.2. The van der Waals surface area contributed by atoms with Crippen molar-refractivity contribution >= 4 is 28.3 Å². The highest BCUT2D eigenvalue weighted by molar-refractivity contribution is 7.18. The molecule has 0 saturated heterocycles. The first-order valence-electron chi connectivity index (χ1n) is 9.41. The molecule has 1 atom stereocenters. The topological polar surface area (TPSA) is 84.0 Å². The quantitative estimate of drug-likeness (QED) is 0.631. The summed E-state index contributed by atoms with van der Waals surface area (Å²) in [6, 6.07) is 7.39. The largest absolute Gasteiger partial charge is 0.344 e. The minimum absolute atomic E-state index is 0.0235. The van der Waals surface area contributed by atoms with E-state index >= 15 is 0 Å². The summed E-state index contributed by atoms with van der Waals surface area (Å²) < 4.78 is 0. The number of benzene rings is 1. The summed E-state index contributed by atoms with van der Waals surface area (Å²) in [4.78, 5) is 24.7. The predicted octanol–water partition coefficient (Wildman–Crippen LogP) is 4.17. The van der Waals surface area contributed by atoms with Gasteiger partial charge in [-0.3, -0.25) is 14.9 Å². The summed E-state index contributed by atoms with van der Waals surface area (Å²) in [7, 11) is 0. The summed E-state index contributed by atoms with van der Waals surface area (Å²) in [6.45, 7) is 7.94.